The van der Waals surface area contributed by atoms with E-state index in [0.717, 1.165) is 4.88 Å². The number of hydrogen-bond donors (Lipinski definition) is 2. The van der Waals surface area contributed by atoms with Crippen LogP contribution in [-0.2, 0) is 0 Å². The summed E-state index contributed by atoms with van der Waals surface area (Å²) in [5.74, 6) is -0.215. The van der Waals surface area contributed by atoms with E-state index >= 15 is 0 Å². The highest BCUT2D eigenvalue weighted by Gasteiger charge is 2.15. The van der Waals surface area contributed by atoms with Crippen molar-refractivity contribution in [2.24, 2.45) is 0 Å². The number of carbonyl (C=O) groups excluding carboxylic acids is 1. The summed E-state index contributed by atoms with van der Waals surface area (Å²) in [6.07, 6.45) is 0. The fourth-order valence-corrected chi connectivity index (χ4v) is 2.55. The Bertz CT molecular complexity index is 554. The molecule has 2 aromatic rings. The van der Waals surface area contributed by atoms with Gasteiger partial charge in [0.25, 0.3) is 5.91 Å². The summed E-state index contributed by atoms with van der Waals surface area (Å²) in [5, 5.41) is 5.18. The van der Waals surface area contributed by atoms with Crippen molar-refractivity contribution in [1.82, 2.24) is 5.32 Å². The Balaban J connectivity index is 2.15. The van der Waals surface area contributed by atoms with Gasteiger partial charge >= 0.3 is 0 Å². The first kappa shape index (κ1) is 12.9. The van der Waals surface area contributed by atoms with Crippen molar-refractivity contribution in [3.63, 3.8) is 0 Å². The minimum Gasteiger partial charge on any atom is -0.398 e. The summed E-state index contributed by atoms with van der Waals surface area (Å²) in [5.41, 5.74) is 6.49. The molecule has 1 unspecified atom stereocenters. The molecule has 94 valence electrons. The van der Waals surface area contributed by atoms with Crippen LogP contribution in [0.25, 0.3) is 0 Å². The Morgan fingerprint density at radius 1 is 1.39 bits per heavy atom. The highest BCUT2D eigenvalue weighted by atomic mass is 35.5. The number of amides is 1. The SMILES string of the molecule is CC(NC(=O)c1cccc(N)c1Cl)c1cccs1. The van der Waals surface area contributed by atoms with E-state index in [4.69, 9.17) is 17.3 Å². The van der Waals surface area contributed by atoms with Crippen LogP contribution in [0.1, 0.15) is 28.2 Å². The van der Waals surface area contributed by atoms with Gasteiger partial charge in [-0.05, 0) is 30.5 Å². The van der Waals surface area contributed by atoms with Gasteiger partial charge in [-0.1, -0.05) is 23.7 Å². The number of rotatable bonds is 3. The third-order valence-corrected chi connectivity index (χ3v) is 4.07. The van der Waals surface area contributed by atoms with Crippen molar-refractivity contribution in [1.29, 1.82) is 0 Å². The quantitative estimate of drug-likeness (QED) is 0.846. The Kier molecular flexibility index (Phi) is 3.89. The lowest BCUT2D eigenvalue weighted by molar-refractivity contribution is 0.0940. The van der Waals surface area contributed by atoms with Crippen LogP contribution in [0.5, 0.6) is 0 Å². The van der Waals surface area contributed by atoms with E-state index < -0.39 is 0 Å². The molecule has 0 radical (unpaired) electrons. The molecule has 0 spiro atoms. The molecule has 1 heterocycles. The number of carbonyl (C=O) groups is 1. The average molecular weight is 281 g/mol. The fraction of sp³-hybridized carbons (Fsp3) is 0.154. The third kappa shape index (κ3) is 2.66. The van der Waals surface area contributed by atoms with Gasteiger partial charge in [0.15, 0.2) is 0 Å². The molecule has 1 aromatic carbocycles. The smallest absolute Gasteiger partial charge is 0.253 e. The largest absolute Gasteiger partial charge is 0.398 e. The van der Waals surface area contributed by atoms with Gasteiger partial charge < -0.3 is 11.1 Å². The molecule has 3 nitrogen and oxygen atoms in total. The van der Waals surface area contributed by atoms with Gasteiger partial charge in [-0.2, -0.15) is 0 Å². The summed E-state index contributed by atoms with van der Waals surface area (Å²) in [6, 6.07) is 8.94. The standard InChI is InChI=1S/C13H13ClN2OS/c1-8(11-6-3-7-18-11)16-13(17)9-4-2-5-10(15)12(9)14/h2-8H,15H2,1H3,(H,16,17). The number of nitrogens with one attached hydrogen (secondary N) is 1. The van der Waals surface area contributed by atoms with Gasteiger partial charge in [-0.15, -0.1) is 11.3 Å². The Morgan fingerprint density at radius 2 is 2.17 bits per heavy atom. The van der Waals surface area contributed by atoms with E-state index in [9.17, 15) is 4.79 Å². The second-order valence-electron chi connectivity index (χ2n) is 3.92. The van der Waals surface area contributed by atoms with Crippen LogP contribution < -0.4 is 11.1 Å². The first-order valence-electron chi connectivity index (χ1n) is 5.48. The van der Waals surface area contributed by atoms with Crippen LogP contribution in [0.4, 0.5) is 5.69 Å². The Hall–Kier alpha value is -1.52. The van der Waals surface area contributed by atoms with Crippen molar-refractivity contribution >= 4 is 34.5 Å². The van der Waals surface area contributed by atoms with Gasteiger partial charge in [0.05, 0.1) is 22.3 Å². The van der Waals surface area contributed by atoms with Crippen molar-refractivity contribution < 1.29 is 4.79 Å². The second kappa shape index (κ2) is 5.42. The Morgan fingerprint density at radius 3 is 2.83 bits per heavy atom. The fourth-order valence-electron chi connectivity index (χ4n) is 1.61. The molecule has 18 heavy (non-hydrogen) atoms. The number of thiophene rings is 1. The first-order valence-corrected chi connectivity index (χ1v) is 6.73. The number of nitrogen functional groups attached to an aromatic ring is 1. The molecule has 3 N–H and O–H groups in total. The van der Waals surface area contributed by atoms with Crippen LogP contribution in [0.2, 0.25) is 5.02 Å². The number of nitrogens with two attached hydrogens (primary N) is 1. The maximum absolute atomic E-state index is 12.1. The van der Waals surface area contributed by atoms with Crippen molar-refractivity contribution in [3.05, 3.63) is 51.2 Å². The van der Waals surface area contributed by atoms with Crippen molar-refractivity contribution in [2.45, 2.75) is 13.0 Å². The molecule has 1 amide bonds. The minimum absolute atomic E-state index is 0.0463. The van der Waals surface area contributed by atoms with Gasteiger partial charge in [-0.3, -0.25) is 4.79 Å². The molecule has 1 aromatic heterocycles. The zero-order valence-corrected chi connectivity index (χ0v) is 11.4. The molecule has 0 aliphatic heterocycles. The molecule has 0 fully saturated rings. The molecular formula is C13H13ClN2OS. The molecule has 0 saturated heterocycles. The maximum atomic E-state index is 12.1. The summed E-state index contributed by atoms with van der Waals surface area (Å²) >= 11 is 7.62. The lowest BCUT2D eigenvalue weighted by Crippen LogP contribution is -2.26. The normalized spacial score (nSPS) is 12.1. The molecule has 5 heteroatoms. The van der Waals surface area contributed by atoms with Crippen LogP contribution in [0, 0.1) is 0 Å². The highest BCUT2D eigenvalue weighted by molar-refractivity contribution is 7.10. The summed E-state index contributed by atoms with van der Waals surface area (Å²) in [6.45, 7) is 1.93. The zero-order chi connectivity index (χ0) is 13.1. The van der Waals surface area contributed by atoms with Crippen molar-refractivity contribution in [2.75, 3.05) is 5.73 Å². The lowest BCUT2D eigenvalue weighted by atomic mass is 10.1. The highest BCUT2D eigenvalue weighted by Crippen LogP contribution is 2.24. The number of benzene rings is 1. The Labute approximate surface area is 115 Å². The molecule has 0 bridgehead atoms. The van der Waals surface area contributed by atoms with Gasteiger partial charge in [0, 0.05) is 4.88 Å². The van der Waals surface area contributed by atoms with E-state index in [0.29, 0.717) is 16.3 Å². The second-order valence-corrected chi connectivity index (χ2v) is 5.28. The molecule has 0 aliphatic rings. The van der Waals surface area contributed by atoms with Crippen LogP contribution >= 0.6 is 22.9 Å². The molecular weight excluding hydrogens is 268 g/mol. The van der Waals surface area contributed by atoms with Crippen LogP contribution in [0.15, 0.2) is 35.7 Å². The number of halogens is 1. The number of anilines is 1. The summed E-state index contributed by atoms with van der Waals surface area (Å²) in [4.78, 5) is 13.2. The zero-order valence-electron chi connectivity index (χ0n) is 9.81. The van der Waals surface area contributed by atoms with Gasteiger partial charge in [0.1, 0.15) is 0 Å². The lowest BCUT2D eigenvalue weighted by Gasteiger charge is -2.13. The monoisotopic (exact) mass is 280 g/mol. The van der Waals surface area contributed by atoms with E-state index in [-0.39, 0.29) is 11.9 Å². The molecule has 0 aliphatic carbocycles. The predicted molar refractivity (Wildman–Crippen MR) is 76.1 cm³/mol. The molecule has 2 rings (SSSR count). The minimum atomic E-state index is -0.215. The van der Waals surface area contributed by atoms with E-state index in [2.05, 4.69) is 5.32 Å². The first-order chi connectivity index (χ1) is 8.59. The van der Waals surface area contributed by atoms with Gasteiger partial charge in [-0.25, -0.2) is 0 Å². The van der Waals surface area contributed by atoms with E-state index in [1.807, 2.05) is 24.4 Å². The van der Waals surface area contributed by atoms with E-state index in [1.54, 1.807) is 29.5 Å². The topological polar surface area (TPSA) is 55.1 Å². The van der Waals surface area contributed by atoms with E-state index in [1.165, 1.54) is 0 Å². The summed E-state index contributed by atoms with van der Waals surface area (Å²) in [7, 11) is 0. The number of hydrogen-bond acceptors (Lipinski definition) is 3. The van der Waals surface area contributed by atoms with Crippen LogP contribution in [-0.4, -0.2) is 5.91 Å². The molecule has 1 atom stereocenters. The van der Waals surface area contributed by atoms with Gasteiger partial charge in [0.2, 0.25) is 0 Å². The predicted octanol–water partition coefficient (Wildman–Crippen LogP) is 3.47. The summed E-state index contributed by atoms with van der Waals surface area (Å²) < 4.78 is 0. The molecule has 0 saturated carbocycles. The maximum Gasteiger partial charge on any atom is 0.253 e. The third-order valence-electron chi connectivity index (χ3n) is 2.59. The van der Waals surface area contributed by atoms with Crippen LogP contribution in [0.3, 0.4) is 0 Å². The van der Waals surface area contributed by atoms with Crippen molar-refractivity contribution in [3.8, 4) is 0 Å². The average Bonchev–Trinajstić information content (AvgIpc) is 2.86.